The third-order valence-corrected chi connectivity index (χ3v) is 6.39. The molecule has 1 aromatic heterocycles. The first-order valence-electron chi connectivity index (χ1n) is 11.1. The minimum absolute atomic E-state index is 0. The highest BCUT2D eigenvalue weighted by Gasteiger charge is 2.34. The first-order valence-corrected chi connectivity index (χ1v) is 11.1. The van der Waals surface area contributed by atoms with Crippen molar-refractivity contribution in [2.24, 2.45) is 4.99 Å². The highest BCUT2D eigenvalue weighted by Crippen LogP contribution is 2.35. The average molecular weight is 566 g/mol. The molecule has 178 valence electrons. The van der Waals surface area contributed by atoms with Crippen LogP contribution < -0.4 is 15.4 Å². The summed E-state index contributed by atoms with van der Waals surface area (Å²) in [4.78, 5) is 7.60. The number of rotatable bonds is 7. The van der Waals surface area contributed by atoms with Crippen molar-refractivity contribution in [3.05, 3.63) is 65.6 Å². The lowest BCUT2D eigenvalue weighted by Gasteiger charge is -2.38. The van der Waals surface area contributed by atoms with E-state index in [9.17, 15) is 4.39 Å². The van der Waals surface area contributed by atoms with Gasteiger partial charge in [-0.25, -0.2) is 4.39 Å². The molecule has 0 aliphatic carbocycles. The van der Waals surface area contributed by atoms with E-state index in [0.717, 1.165) is 67.2 Å². The van der Waals surface area contributed by atoms with Crippen LogP contribution in [0.25, 0.3) is 10.9 Å². The Kier molecular flexibility index (Phi) is 8.96. The SMILES string of the molecule is CN=C(NCCc1c[nH]c2ccc(F)cc12)NCC1(c2ccc(OC)cc2)CCOCC1.I. The molecule has 0 radical (unpaired) electrons. The lowest BCUT2D eigenvalue weighted by Crippen LogP contribution is -2.48. The van der Waals surface area contributed by atoms with Crippen LogP contribution in [0.5, 0.6) is 5.75 Å². The topological polar surface area (TPSA) is 70.7 Å². The van der Waals surface area contributed by atoms with Crippen LogP contribution in [0.2, 0.25) is 0 Å². The highest BCUT2D eigenvalue weighted by molar-refractivity contribution is 14.0. The van der Waals surface area contributed by atoms with Crippen molar-refractivity contribution in [1.82, 2.24) is 15.6 Å². The zero-order valence-electron chi connectivity index (χ0n) is 19.1. The Balaban J connectivity index is 0.00000306. The van der Waals surface area contributed by atoms with Crippen molar-refractivity contribution in [1.29, 1.82) is 0 Å². The summed E-state index contributed by atoms with van der Waals surface area (Å²) in [6.07, 6.45) is 4.61. The number of ether oxygens (including phenoxy) is 2. The zero-order chi connectivity index (χ0) is 22.4. The monoisotopic (exact) mass is 566 g/mol. The molecular weight excluding hydrogens is 534 g/mol. The van der Waals surface area contributed by atoms with Gasteiger partial charge in [-0.3, -0.25) is 4.99 Å². The van der Waals surface area contributed by atoms with Gasteiger partial charge in [-0.05, 0) is 60.7 Å². The number of hydrogen-bond donors (Lipinski definition) is 3. The summed E-state index contributed by atoms with van der Waals surface area (Å²) in [5.41, 5.74) is 3.30. The van der Waals surface area contributed by atoms with Crippen LogP contribution in [0.15, 0.2) is 53.7 Å². The molecule has 0 spiro atoms. The summed E-state index contributed by atoms with van der Waals surface area (Å²) in [6.45, 7) is 2.95. The van der Waals surface area contributed by atoms with Gasteiger partial charge in [-0.2, -0.15) is 0 Å². The minimum atomic E-state index is -0.218. The number of nitrogens with zero attached hydrogens (tertiary/aromatic N) is 1. The summed E-state index contributed by atoms with van der Waals surface area (Å²) >= 11 is 0. The molecule has 8 heteroatoms. The molecule has 0 bridgehead atoms. The fourth-order valence-corrected chi connectivity index (χ4v) is 4.42. The van der Waals surface area contributed by atoms with Gasteiger partial charge in [0.05, 0.1) is 7.11 Å². The van der Waals surface area contributed by atoms with Crippen LogP contribution in [-0.4, -0.2) is 51.4 Å². The number of hydrogen-bond acceptors (Lipinski definition) is 3. The highest BCUT2D eigenvalue weighted by atomic mass is 127. The number of guanidine groups is 1. The molecule has 1 fully saturated rings. The maximum absolute atomic E-state index is 13.6. The molecule has 0 unspecified atom stereocenters. The van der Waals surface area contributed by atoms with E-state index in [1.54, 1.807) is 26.3 Å². The Morgan fingerprint density at radius 3 is 2.61 bits per heavy atom. The van der Waals surface area contributed by atoms with Crippen LogP contribution in [0.3, 0.4) is 0 Å². The van der Waals surface area contributed by atoms with Crippen molar-refractivity contribution in [2.45, 2.75) is 24.7 Å². The van der Waals surface area contributed by atoms with E-state index in [2.05, 4.69) is 32.7 Å². The molecule has 1 saturated heterocycles. The Hall–Kier alpha value is -2.33. The van der Waals surface area contributed by atoms with Gasteiger partial charge in [0.2, 0.25) is 0 Å². The van der Waals surface area contributed by atoms with Gasteiger partial charge in [0.15, 0.2) is 5.96 Å². The van der Waals surface area contributed by atoms with Crippen molar-refractivity contribution in [2.75, 3.05) is 40.5 Å². The van der Waals surface area contributed by atoms with Crippen molar-refractivity contribution >= 4 is 40.8 Å². The maximum atomic E-state index is 13.6. The second-order valence-electron chi connectivity index (χ2n) is 8.23. The van der Waals surface area contributed by atoms with E-state index in [-0.39, 0.29) is 35.2 Å². The number of halogens is 2. The van der Waals surface area contributed by atoms with Gasteiger partial charge in [0.25, 0.3) is 0 Å². The van der Waals surface area contributed by atoms with E-state index >= 15 is 0 Å². The number of aromatic nitrogens is 1. The first kappa shape index (κ1) is 25.3. The van der Waals surface area contributed by atoms with Gasteiger partial charge in [-0.1, -0.05) is 12.1 Å². The minimum Gasteiger partial charge on any atom is -0.497 e. The largest absolute Gasteiger partial charge is 0.497 e. The van der Waals surface area contributed by atoms with Gasteiger partial charge in [-0.15, -0.1) is 24.0 Å². The Bertz CT molecular complexity index is 1060. The standard InChI is InChI=1S/C25H31FN4O2.HI/c1-27-24(28-12-9-18-16-29-23-8-5-20(26)15-22(18)23)30-17-25(10-13-32-14-11-25)19-3-6-21(31-2)7-4-19;/h3-8,15-16,29H,9-14,17H2,1-2H3,(H2,27,28,30);1H. The summed E-state index contributed by atoms with van der Waals surface area (Å²) in [7, 11) is 3.46. The molecule has 0 amide bonds. The molecular formula is C25H32FIN4O2. The molecule has 0 atom stereocenters. The zero-order valence-corrected chi connectivity index (χ0v) is 21.4. The Morgan fingerprint density at radius 1 is 1.15 bits per heavy atom. The molecule has 6 nitrogen and oxygen atoms in total. The lowest BCUT2D eigenvalue weighted by molar-refractivity contribution is 0.0513. The number of methoxy groups -OCH3 is 1. The number of aromatic amines is 1. The van der Waals surface area contributed by atoms with Crippen molar-refractivity contribution in [3.8, 4) is 5.75 Å². The summed E-state index contributed by atoms with van der Waals surface area (Å²) in [5.74, 6) is 1.40. The number of aliphatic imine (C=N–C) groups is 1. The van der Waals surface area contributed by atoms with Crippen LogP contribution in [0.4, 0.5) is 4.39 Å². The number of nitrogens with one attached hydrogen (secondary N) is 3. The van der Waals surface area contributed by atoms with E-state index in [1.807, 2.05) is 18.3 Å². The molecule has 2 heterocycles. The van der Waals surface area contributed by atoms with Crippen molar-refractivity contribution in [3.63, 3.8) is 0 Å². The van der Waals surface area contributed by atoms with Gasteiger partial charge in [0, 0.05) is 55.9 Å². The normalized spacial score (nSPS) is 15.7. The maximum Gasteiger partial charge on any atom is 0.191 e. The third-order valence-electron chi connectivity index (χ3n) is 6.39. The van der Waals surface area contributed by atoms with Crippen molar-refractivity contribution < 1.29 is 13.9 Å². The van der Waals surface area contributed by atoms with E-state index in [0.29, 0.717) is 6.54 Å². The smallest absolute Gasteiger partial charge is 0.191 e. The molecule has 3 N–H and O–H groups in total. The third kappa shape index (κ3) is 5.97. The van der Waals surface area contributed by atoms with E-state index in [1.165, 1.54) is 11.6 Å². The molecule has 4 rings (SSSR count). The number of benzene rings is 2. The summed E-state index contributed by atoms with van der Waals surface area (Å²) in [5, 5.41) is 7.84. The molecule has 1 aliphatic rings. The molecule has 33 heavy (non-hydrogen) atoms. The van der Waals surface area contributed by atoms with E-state index in [4.69, 9.17) is 9.47 Å². The summed E-state index contributed by atoms with van der Waals surface area (Å²) in [6, 6.07) is 13.2. The second-order valence-corrected chi connectivity index (χ2v) is 8.23. The number of fused-ring (bicyclic) bond motifs is 1. The van der Waals surface area contributed by atoms with Crippen LogP contribution >= 0.6 is 24.0 Å². The Morgan fingerprint density at radius 2 is 1.91 bits per heavy atom. The van der Waals surface area contributed by atoms with E-state index < -0.39 is 0 Å². The molecule has 0 saturated carbocycles. The predicted molar refractivity (Wildman–Crippen MR) is 141 cm³/mol. The first-order chi connectivity index (χ1) is 15.6. The predicted octanol–water partition coefficient (Wildman–Crippen LogP) is 4.39. The number of H-pyrrole nitrogens is 1. The average Bonchev–Trinajstić information content (AvgIpc) is 3.23. The molecule has 1 aliphatic heterocycles. The Labute approximate surface area is 211 Å². The van der Waals surface area contributed by atoms with Gasteiger partial charge >= 0.3 is 0 Å². The summed E-state index contributed by atoms with van der Waals surface area (Å²) < 4.78 is 24.6. The molecule has 2 aromatic carbocycles. The fourth-order valence-electron chi connectivity index (χ4n) is 4.42. The lowest BCUT2D eigenvalue weighted by atomic mass is 9.74. The van der Waals surface area contributed by atoms with Gasteiger partial charge in [0.1, 0.15) is 11.6 Å². The van der Waals surface area contributed by atoms with Crippen LogP contribution in [0.1, 0.15) is 24.0 Å². The second kappa shape index (κ2) is 11.7. The van der Waals surface area contributed by atoms with Gasteiger partial charge < -0.3 is 25.1 Å². The van der Waals surface area contributed by atoms with Crippen LogP contribution in [0, 0.1) is 5.82 Å². The fraction of sp³-hybridized carbons (Fsp3) is 0.400. The molecule has 3 aromatic rings. The van der Waals surface area contributed by atoms with Crippen LogP contribution in [-0.2, 0) is 16.6 Å². The quantitative estimate of drug-likeness (QED) is 0.226.